The fraction of sp³-hybridized carbons (Fsp3) is 0.333. The number of carboxylic acids is 1. The lowest BCUT2D eigenvalue weighted by Gasteiger charge is -2.11. The maximum Gasteiger partial charge on any atom is 0.311 e. The summed E-state index contributed by atoms with van der Waals surface area (Å²) in [6, 6.07) is 4.45. The molecule has 20 heavy (non-hydrogen) atoms. The second-order valence-electron chi connectivity index (χ2n) is 4.87. The van der Waals surface area contributed by atoms with Gasteiger partial charge in [0.2, 0.25) is 0 Å². The molecule has 1 saturated carbocycles. The molecule has 1 N–H and O–H groups in total. The van der Waals surface area contributed by atoms with E-state index in [1.54, 1.807) is 12.1 Å². The second-order valence-corrected chi connectivity index (χ2v) is 5.79. The predicted molar refractivity (Wildman–Crippen MR) is 70.2 cm³/mol. The number of tetrazole rings is 1. The number of carboxylic acid groups (broad SMARTS) is 1. The Morgan fingerprint density at radius 2 is 2.25 bits per heavy atom. The quantitative estimate of drug-likeness (QED) is 0.921. The number of benzene rings is 1. The van der Waals surface area contributed by atoms with Gasteiger partial charge in [0.25, 0.3) is 0 Å². The van der Waals surface area contributed by atoms with Crippen LogP contribution in [0.2, 0.25) is 0 Å². The maximum atomic E-state index is 13.9. The molecule has 0 unspecified atom stereocenters. The molecule has 8 heteroatoms. The molecule has 1 aromatic carbocycles. The lowest BCUT2D eigenvalue weighted by molar-refractivity contribution is -0.144. The van der Waals surface area contributed by atoms with Gasteiger partial charge in [0.15, 0.2) is 5.82 Å². The molecule has 0 radical (unpaired) electrons. The van der Waals surface area contributed by atoms with Gasteiger partial charge in [-0.25, -0.2) is 9.07 Å². The molecule has 0 atom stereocenters. The van der Waals surface area contributed by atoms with E-state index in [0.29, 0.717) is 17.3 Å². The van der Waals surface area contributed by atoms with Crippen LogP contribution in [0.1, 0.15) is 12.8 Å². The molecular formula is C12H10BrFN4O2. The first-order valence-corrected chi connectivity index (χ1v) is 6.76. The van der Waals surface area contributed by atoms with Gasteiger partial charge in [-0.1, -0.05) is 15.9 Å². The summed E-state index contributed by atoms with van der Waals surface area (Å²) in [5.74, 6) is -1.09. The number of aliphatic carboxylic acids is 1. The van der Waals surface area contributed by atoms with Gasteiger partial charge in [-0.15, -0.1) is 5.10 Å². The molecular weight excluding hydrogens is 331 g/mol. The Morgan fingerprint density at radius 1 is 1.50 bits per heavy atom. The van der Waals surface area contributed by atoms with Crippen molar-refractivity contribution in [2.75, 3.05) is 0 Å². The van der Waals surface area contributed by atoms with Gasteiger partial charge in [-0.2, -0.15) is 0 Å². The Kier molecular flexibility index (Phi) is 3.04. The van der Waals surface area contributed by atoms with E-state index in [4.69, 9.17) is 0 Å². The lowest BCUT2D eigenvalue weighted by Crippen LogP contribution is -2.22. The van der Waals surface area contributed by atoms with Crippen molar-refractivity contribution in [3.8, 4) is 11.4 Å². The van der Waals surface area contributed by atoms with Crippen LogP contribution in [0.25, 0.3) is 11.4 Å². The van der Waals surface area contributed by atoms with Crippen LogP contribution in [0.3, 0.4) is 0 Å². The van der Waals surface area contributed by atoms with Crippen molar-refractivity contribution in [1.29, 1.82) is 0 Å². The number of hydrogen-bond acceptors (Lipinski definition) is 4. The van der Waals surface area contributed by atoms with E-state index in [1.807, 2.05) is 0 Å². The monoisotopic (exact) mass is 340 g/mol. The van der Waals surface area contributed by atoms with E-state index in [1.165, 1.54) is 10.7 Å². The zero-order chi connectivity index (χ0) is 14.3. The van der Waals surface area contributed by atoms with E-state index >= 15 is 0 Å². The Hall–Kier alpha value is -1.83. The molecule has 1 aliphatic carbocycles. The van der Waals surface area contributed by atoms with E-state index in [2.05, 4.69) is 31.5 Å². The number of rotatable bonds is 4. The molecule has 104 valence electrons. The molecule has 1 aliphatic rings. The van der Waals surface area contributed by atoms with Gasteiger partial charge in [0.1, 0.15) is 5.82 Å². The first-order valence-electron chi connectivity index (χ1n) is 5.97. The standard InChI is InChI=1S/C12H10BrFN4O2/c13-7-1-2-9(14)8(5-7)10-15-16-17-18(10)6-12(3-4-12)11(19)20/h1-2,5H,3-4,6H2,(H,19,20). The summed E-state index contributed by atoms with van der Waals surface area (Å²) >= 11 is 3.26. The van der Waals surface area contributed by atoms with Crippen LogP contribution in [-0.4, -0.2) is 31.3 Å². The van der Waals surface area contributed by atoms with Crippen LogP contribution in [0.15, 0.2) is 22.7 Å². The van der Waals surface area contributed by atoms with Crippen molar-refractivity contribution >= 4 is 21.9 Å². The van der Waals surface area contributed by atoms with Gasteiger partial charge in [-0.3, -0.25) is 4.79 Å². The van der Waals surface area contributed by atoms with E-state index in [0.717, 1.165) is 0 Å². The summed E-state index contributed by atoms with van der Waals surface area (Å²) in [6.45, 7) is 0.149. The van der Waals surface area contributed by atoms with E-state index in [-0.39, 0.29) is 17.9 Å². The molecule has 1 aromatic heterocycles. The number of halogens is 2. The fourth-order valence-corrected chi connectivity index (χ4v) is 2.41. The third kappa shape index (κ3) is 2.20. The molecule has 0 saturated heterocycles. The largest absolute Gasteiger partial charge is 0.481 e. The zero-order valence-electron chi connectivity index (χ0n) is 10.3. The molecule has 1 heterocycles. The topological polar surface area (TPSA) is 80.9 Å². The average Bonchev–Trinajstić information content (AvgIpc) is 3.05. The van der Waals surface area contributed by atoms with Crippen molar-refractivity contribution in [2.24, 2.45) is 5.41 Å². The van der Waals surface area contributed by atoms with Crippen LogP contribution in [0, 0.1) is 11.2 Å². The third-order valence-corrected chi connectivity index (χ3v) is 3.95. The molecule has 1 fully saturated rings. The lowest BCUT2D eigenvalue weighted by atomic mass is 10.1. The molecule has 0 bridgehead atoms. The SMILES string of the molecule is O=C(O)C1(Cn2nnnc2-c2cc(Br)ccc2F)CC1. The molecule has 0 spiro atoms. The molecule has 0 aliphatic heterocycles. The minimum atomic E-state index is -0.867. The number of aromatic nitrogens is 4. The number of nitrogens with zero attached hydrogens (tertiary/aromatic N) is 4. The predicted octanol–water partition coefficient (Wildman–Crippen LogP) is 2.11. The van der Waals surface area contributed by atoms with E-state index in [9.17, 15) is 14.3 Å². The summed E-state index contributed by atoms with van der Waals surface area (Å²) in [4.78, 5) is 11.2. The van der Waals surface area contributed by atoms with Crippen molar-refractivity contribution in [3.63, 3.8) is 0 Å². The van der Waals surface area contributed by atoms with Crippen LogP contribution >= 0.6 is 15.9 Å². The van der Waals surface area contributed by atoms with Crippen molar-refractivity contribution < 1.29 is 14.3 Å². The van der Waals surface area contributed by atoms with Gasteiger partial charge in [-0.05, 0) is 41.5 Å². The van der Waals surface area contributed by atoms with Crippen molar-refractivity contribution in [2.45, 2.75) is 19.4 Å². The van der Waals surface area contributed by atoms with Crippen molar-refractivity contribution in [3.05, 3.63) is 28.5 Å². The Labute approximate surface area is 121 Å². The Balaban J connectivity index is 1.98. The number of hydrogen-bond donors (Lipinski definition) is 1. The smallest absolute Gasteiger partial charge is 0.311 e. The first kappa shape index (κ1) is 13.2. The molecule has 0 amide bonds. The van der Waals surface area contributed by atoms with Gasteiger partial charge < -0.3 is 5.11 Å². The second kappa shape index (κ2) is 4.62. The summed E-state index contributed by atoms with van der Waals surface area (Å²) < 4.78 is 15.9. The van der Waals surface area contributed by atoms with Gasteiger partial charge in [0.05, 0.1) is 17.5 Å². The van der Waals surface area contributed by atoms with Crippen LogP contribution < -0.4 is 0 Å². The maximum absolute atomic E-state index is 13.9. The highest BCUT2D eigenvalue weighted by atomic mass is 79.9. The van der Waals surface area contributed by atoms with Crippen LogP contribution in [0.5, 0.6) is 0 Å². The highest BCUT2D eigenvalue weighted by molar-refractivity contribution is 9.10. The summed E-state index contributed by atoms with van der Waals surface area (Å²) in [5.41, 5.74) is -0.572. The molecule has 6 nitrogen and oxygen atoms in total. The third-order valence-electron chi connectivity index (χ3n) is 3.46. The highest BCUT2D eigenvalue weighted by Crippen LogP contribution is 2.47. The number of carbonyl (C=O) groups is 1. The van der Waals surface area contributed by atoms with Crippen LogP contribution in [0.4, 0.5) is 4.39 Å². The zero-order valence-corrected chi connectivity index (χ0v) is 11.8. The van der Waals surface area contributed by atoms with Gasteiger partial charge in [0, 0.05) is 4.47 Å². The summed E-state index contributed by atoms with van der Waals surface area (Å²) in [7, 11) is 0. The van der Waals surface area contributed by atoms with E-state index < -0.39 is 17.2 Å². The Bertz CT molecular complexity index is 684. The highest BCUT2D eigenvalue weighted by Gasteiger charge is 2.51. The van der Waals surface area contributed by atoms with Crippen LogP contribution in [-0.2, 0) is 11.3 Å². The minimum absolute atomic E-state index is 0.149. The molecule has 2 aromatic rings. The minimum Gasteiger partial charge on any atom is -0.481 e. The molecule has 3 rings (SSSR count). The van der Waals surface area contributed by atoms with Crippen molar-refractivity contribution in [1.82, 2.24) is 20.2 Å². The summed E-state index contributed by atoms with van der Waals surface area (Å²) in [5, 5.41) is 20.3. The summed E-state index contributed by atoms with van der Waals surface area (Å²) in [6.07, 6.45) is 1.17. The van der Waals surface area contributed by atoms with Gasteiger partial charge >= 0.3 is 5.97 Å². The fourth-order valence-electron chi connectivity index (χ4n) is 2.05. The first-order chi connectivity index (χ1) is 9.52. The normalized spacial score (nSPS) is 16.1. The average molecular weight is 341 g/mol. The Morgan fingerprint density at radius 3 is 2.90 bits per heavy atom.